The van der Waals surface area contributed by atoms with Crippen molar-refractivity contribution in [3.63, 3.8) is 0 Å². The number of nitrogens with one attached hydrogen (secondary N) is 2. The summed E-state index contributed by atoms with van der Waals surface area (Å²) in [6.45, 7) is 7.54. The molecule has 1 atom stereocenters. The minimum atomic E-state index is -0.354. The van der Waals surface area contributed by atoms with Crippen LogP contribution in [0.4, 0.5) is 5.69 Å². The highest BCUT2D eigenvalue weighted by Crippen LogP contribution is 2.21. The fraction of sp³-hybridized carbons (Fsp3) is 0.474. The summed E-state index contributed by atoms with van der Waals surface area (Å²) >= 11 is 0. The zero-order chi connectivity index (χ0) is 19.7. The molecule has 0 spiro atoms. The Kier molecular flexibility index (Phi) is 5.16. The molecule has 0 bridgehead atoms. The lowest BCUT2D eigenvalue weighted by Crippen LogP contribution is -2.35. The first-order valence-corrected chi connectivity index (χ1v) is 9.04. The third-order valence-corrected chi connectivity index (χ3v) is 5.41. The van der Waals surface area contributed by atoms with Gasteiger partial charge in [-0.2, -0.15) is 5.10 Å². The van der Waals surface area contributed by atoms with Crippen LogP contribution < -0.4 is 21.3 Å². The van der Waals surface area contributed by atoms with Gasteiger partial charge in [0.2, 0.25) is 0 Å². The van der Waals surface area contributed by atoms with Crippen LogP contribution in [0.25, 0.3) is 0 Å². The number of hydrogen-bond donors (Lipinski definition) is 2. The first-order chi connectivity index (χ1) is 12.8. The Balaban J connectivity index is 1.64. The summed E-state index contributed by atoms with van der Waals surface area (Å²) in [4.78, 5) is 41.3. The zero-order valence-corrected chi connectivity index (χ0v) is 16.1. The highest BCUT2D eigenvalue weighted by molar-refractivity contribution is 5.95. The number of aromatic amines is 1. The number of carbonyl (C=O) groups excluding carboxylic acids is 1. The summed E-state index contributed by atoms with van der Waals surface area (Å²) in [6, 6.07) is 1.58. The summed E-state index contributed by atoms with van der Waals surface area (Å²) < 4.78 is 1.29. The van der Waals surface area contributed by atoms with Gasteiger partial charge >= 0.3 is 0 Å². The van der Waals surface area contributed by atoms with Gasteiger partial charge in [0.1, 0.15) is 5.56 Å². The van der Waals surface area contributed by atoms with Gasteiger partial charge in [-0.3, -0.25) is 14.4 Å². The van der Waals surface area contributed by atoms with Gasteiger partial charge < -0.3 is 15.2 Å². The van der Waals surface area contributed by atoms with Crippen molar-refractivity contribution in [2.24, 2.45) is 13.0 Å². The maximum Gasteiger partial charge on any atom is 0.268 e. The second-order valence-electron chi connectivity index (χ2n) is 7.19. The van der Waals surface area contributed by atoms with Crippen LogP contribution in [-0.4, -0.2) is 40.3 Å². The lowest BCUT2D eigenvalue weighted by molar-refractivity contribution is 0.0946. The third-order valence-electron chi connectivity index (χ3n) is 5.41. The fourth-order valence-corrected chi connectivity index (χ4v) is 3.43. The van der Waals surface area contributed by atoms with Crippen molar-refractivity contribution >= 4 is 11.6 Å². The largest absolute Gasteiger partial charge is 0.370 e. The number of pyridine rings is 1. The third kappa shape index (κ3) is 3.79. The van der Waals surface area contributed by atoms with Gasteiger partial charge in [0.25, 0.3) is 17.0 Å². The smallest absolute Gasteiger partial charge is 0.268 e. The zero-order valence-electron chi connectivity index (χ0n) is 16.1. The van der Waals surface area contributed by atoms with Gasteiger partial charge in [-0.15, -0.1) is 0 Å². The quantitative estimate of drug-likeness (QED) is 0.822. The molecule has 144 valence electrons. The van der Waals surface area contributed by atoms with Crippen molar-refractivity contribution in [1.82, 2.24) is 20.1 Å². The second-order valence-corrected chi connectivity index (χ2v) is 7.19. The number of aromatic nitrogens is 3. The molecule has 0 saturated carbocycles. The van der Waals surface area contributed by atoms with Gasteiger partial charge in [-0.1, -0.05) is 0 Å². The van der Waals surface area contributed by atoms with E-state index in [1.54, 1.807) is 26.2 Å². The van der Waals surface area contributed by atoms with E-state index >= 15 is 0 Å². The summed E-state index contributed by atoms with van der Waals surface area (Å²) in [6.07, 6.45) is 2.58. The average Bonchev–Trinajstić information content (AvgIpc) is 3.09. The molecule has 1 aliphatic heterocycles. The monoisotopic (exact) mass is 371 g/mol. The van der Waals surface area contributed by atoms with Gasteiger partial charge in [0.15, 0.2) is 0 Å². The first kappa shape index (κ1) is 18.9. The number of amides is 1. The van der Waals surface area contributed by atoms with Crippen LogP contribution in [0.2, 0.25) is 0 Å². The molecule has 1 aliphatic rings. The van der Waals surface area contributed by atoms with Crippen LogP contribution in [0.1, 0.15) is 33.6 Å². The van der Waals surface area contributed by atoms with E-state index in [4.69, 9.17) is 0 Å². The summed E-state index contributed by atoms with van der Waals surface area (Å²) in [5.74, 6) is -0.0884. The highest BCUT2D eigenvalue weighted by atomic mass is 16.2. The van der Waals surface area contributed by atoms with E-state index in [0.717, 1.165) is 36.5 Å². The first-order valence-electron chi connectivity index (χ1n) is 9.04. The van der Waals surface area contributed by atoms with E-state index in [0.29, 0.717) is 12.1 Å². The van der Waals surface area contributed by atoms with Crippen molar-refractivity contribution in [3.05, 3.63) is 55.4 Å². The van der Waals surface area contributed by atoms with Crippen LogP contribution in [0.5, 0.6) is 0 Å². The number of nitrogens with zero attached hydrogens (tertiary/aromatic N) is 3. The van der Waals surface area contributed by atoms with Crippen molar-refractivity contribution in [2.75, 3.05) is 24.5 Å². The van der Waals surface area contributed by atoms with E-state index in [2.05, 4.69) is 20.3 Å². The molecule has 27 heavy (non-hydrogen) atoms. The minimum Gasteiger partial charge on any atom is -0.370 e. The molecule has 2 N–H and O–H groups in total. The molecule has 1 saturated heterocycles. The Labute approximate surface area is 157 Å². The van der Waals surface area contributed by atoms with Crippen molar-refractivity contribution in [1.29, 1.82) is 0 Å². The number of carbonyl (C=O) groups is 1. The van der Waals surface area contributed by atoms with Crippen LogP contribution in [0.15, 0.2) is 21.9 Å². The van der Waals surface area contributed by atoms with Gasteiger partial charge in [0, 0.05) is 38.4 Å². The Hall–Kier alpha value is -2.90. The molecule has 0 aliphatic carbocycles. The van der Waals surface area contributed by atoms with Gasteiger partial charge in [0.05, 0.1) is 11.9 Å². The predicted molar refractivity (Wildman–Crippen MR) is 103 cm³/mol. The number of aryl methyl sites for hydroxylation is 2. The lowest BCUT2D eigenvalue weighted by atomic mass is 10.0. The topological polar surface area (TPSA) is 100 Å². The summed E-state index contributed by atoms with van der Waals surface area (Å²) in [5, 5.41) is 6.95. The van der Waals surface area contributed by atoms with Crippen LogP contribution in [0, 0.1) is 26.7 Å². The molecule has 1 fully saturated rings. The predicted octanol–water partition coefficient (Wildman–Crippen LogP) is 0.650. The van der Waals surface area contributed by atoms with E-state index in [1.807, 2.05) is 13.8 Å². The molecule has 1 amide bonds. The number of rotatable bonds is 4. The molecule has 2 aromatic rings. The molecule has 8 nitrogen and oxygen atoms in total. The molecular weight excluding hydrogens is 346 g/mol. The maximum absolute atomic E-state index is 12.5. The molecule has 0 aromatic carbocycles. The standard InChI is InChI=1S/C19H25N5O3/c1-11-12(2)17(19(27)22-13(11)3)18(26)20-8-14-5-6-24(10-14)15-7-16(25)23(4)21-9-15/h7,9,14H,5-6,8,10H2,1-4H3,(H,20,26)(H,22,27)/t14-/m1/s1. The summed E-state index contributed by atoms with van der Waals surface area (Å²) in [7, 11) is 1.62. The molecule has 8 heteroatoms. The van der Waals surface area contributed by atoms with E-state index in [-0.39, 0.29) is 28.5 Å². The Morgan fingerprint density at radius 2 is 2.04 bits per heavy atom. The lowest BCUT2D eigenvalue weighted by Gasteiger charge is -2.18. The van der Waals surface area contributed by atoms with Crippen LogP contribution >= 0.6 is 0 Å². The van der Waals surface area contributed by atoms with E-state index in [1.165, 1.54) is 4.68 Å². The van der Waals surface area contributed by atoms with Crippen molar-refractivity contribution in [3.8, 4) is 0 Å². The van der Waals surface area contributed by atoms with Crippen molar-refractivity contribution in [2.45, 2.75) is 27.2 Å². The molecule has 0 unspecified atom stereocenters. The normalized spacial score (nSPS) is 16.6. The van der Waals surface area contributed by atoms with Crippen LogP contribution in [0.3, 0.4) is 0 Å². The molecule has 3 heterocycles. The second kappa shape index (κ2) is 7.38. The maximum atomic E-state index is 12.5. The van der Waals surface area contributed by atoms with Gasteiger partial charge in [-0.05, 0) is 44.2 Å². The molecule has 3 rings (SSSR count). The molecule has 2 aromatic heterocycles. The molecule has 0 radical (unpaired) electrons. The summed E-state index contributed by atoms with van der Waals surface area (Å²) in [5.41, 5.74) is 2.90. The SMILES string of the molecule is Cc1[nH]c(=O)c(C(=O)NC[C@H]2CCN(c3cnn(C)c(=O)c3)C2)c(C)c1C. The average molecular weight is 371 g/mol. The molecular formula is C19H25N5O3. The number of anilines is 1. The minimum absolute atomic E-state index is 0.145. The Morgan fingerprint density at radius 1 is 1.30 bits per heavy atom. The fourth-order valence-electron chi connectivity index (χ4n) is 3.43. The van der Waals surface area contributed by atoms with E-state index in [9.17, 15) is 14.4 Å². The highest BCUT2D eigenvalue weighted by Gasteiger charge is 2.25. The van der Waals surface area contributed by atoms with Crippen LogP contribution in [-0.2, 0) is 7.05 Å². The number of hydrogen-bond acceptors (Lipinski definition) is 5. The van der Waals surface area contributed by atoms with E-state index < -0.39 is 0 Å². The Bertz CT molecular complexity index is 992. The van der Waals surface area contributed by atoms with Crippen molar-refractivity contribution < 1.29 is 4.79 Å². The Morgan fingerprint density at radius 3 is 2.74 bits per heavy atom. The number of H-pyrrole nitrogens is 1. The van der Waals surface area contributed by atoms with Gasteiger partial charge in [-0.25, -0.2) is 4.68 Å².